The molecule has 0 unspecified atom stereocenters. The van der Waals surface area contributed by atoms with Crippen LogP contribution in [0.15, 0.2) is 16.8 Å². The number of aromatic nitrogens is 2. The molecule has 0 saturated carbocycles. The van der Waals surface area contributed by atoms with Crippen molar-refractivity contribution in [1.29, 1.82) is 0 Å². The number of amides is 3. The fraction of sp³-hybridized carbons (Fsp3) is 0.500. The maximum Gasteiger partial charge on any atom is 0.312 e. The number of aryl methyl sites for hydroxylation is 1. The lowest BCUT2D eigenvalue weighted by atomic mass is 10.1. The molecule has 0 aliphatic carbocycles. The quantitative estimate of drug-likeness (QED) is 0.617. The molecule has 28 heavy (non-hydrogen) atoms. The van der Waals surface area contributed by atoms with E-state index < -0.39 is 11.8 Å². The second kappa shape index (κ2) is 7.55. The van der Waals surface area contributed by atoms with Crippen molar-refractivity contribution in [2.75, 3.05) is 52.5 Å². The summed E-state index contributed by atoms with van der Waals surface area (Å²) in [5.41, 5.74) is 1.52. The molecule has 4 heterocycles. The highest BCUT2D eigenvalue weighted by molar-refractivity contribution is 6.35. The Kier molecular flexibility index (Phi) is 4.95. The summed E-state index contributed by atoms with van der Waals surface area (Å²) in [6, 6.07) is 1.72. The first kappa shape index (κ1) is 18.4. The van der Waals surface area contributed by atoms with Gasteiger partial charge in [-0.3, -0.25) is 14.4 Å². The summed E-state index contributed by atoms with van der Waals surface area (Å²) in [6.07, 6.45) is 1.47. The van der Waals surface area contributed by atoms with Gasteiger partial charge in [0.25, 0.3) is 11.6 Å². The van der Waals surface area contributed by atoms with E-state index in [1.807, 2.05) is 0 Å². The number of hydrogen-bond acceptors (Lipinski definition) is 7. The van der Waals surface area contributed by atoms with E-state index in [0.29, 0.717) is 74.8 Å². The Balaban J connectivity index is 1.37. The van der Waals surface area contributed by atoms with Gasteiger partial charge in [-0.1, -0.05) is 5.16 Å². The van der Waals surface area contributed by atoms with E-state index in [0.717, 1.165) is 0 Å². The molecule has 0 spiro atoms. The average Bonchev–Trinajstić information content (AvgIpc) is 3.13. The van der Waals surface area contributed by atoms with Crippen molar-refractivity contribution in [2.45, 2.75) is 6.92 Å². The highest BCUT2D eigenvalue weighted by Gasteiger charge is 2.31. The third-order valence-electron chi connectivity index (χ3n) is 5.09. The minimum absolute atomic E-state index is 0.165. The van der Waals surface area contributed by atoms with Crippen molar-refractivity contribution in [3.8, 4) is 0 Å². The molecule has 0 atom stereocenters. The van der Waals surface area contributed by atoms with E-state index in [1.54, 1.807) is 17.9 Å². The van der Waals surface area contributed by atoms with Crippen LogP contribution in [0.25, 0.3) is 11.1 Å². The van der Waals surface area contributed by atoms with Gasteiger partial charge >= 0.3 is 11.8 Å². The van der Waals surface area contributed by atoms with Crippen LogP contribution in [0.5, 0.6) is 0 Å². The Morgan fingerprint density at radius 3 is 2.21 bits per heavy atom. The smallest absolute Gasteiger partial charge is 0.312 e. The van der Waals surface area contributed by atoms with E-state index in [4.69, 9.17) is 9.26 Å². The van der Waals surface area contributed by atoms with E-state index in [9.17, 15) is 14.4 Å². The molecule has 2 aromatic rings. The zero-order chi connectivity index (χ0) is 19.7. The lowest BCUT2D eigenvalue weighted by molar-refractivity contribution is -0.154. The summed E-state index contributed by atoms with van der Waals surface area (Å²) in [7, 11) is 0. The number of piperazine rings is 1. The Morgan fingerprint density at radius 1 is 0.929 bits per heavy atom. The first-order valence-corrected chi connectivity index (χ1v) is 9.22. The zero-order valence-corrected chi connectivity index (χ0v) is 15.6. The highest BCUT2D eigenvalue weighted by atomic mass is 16.5. The molecule has 2 fully saturated rings. The number of pyridine rings is 1. The molecular formula is C18H21N5O5. The second-order valence-electron chi connectivity index (χ2n) is 6.83. The number of carbonyl (C=O) groups is 3. The van der Waals surface area contributed by atoms with Crippen molar-refractivity contribution in [1.82, 2.24) is 24.8 Å². The van der Waals surface area contributed by atoms with Gasteiger partial charge in [-0.25, -0.2) is 4.98 Å². The lowest BCUT2D eigenvalue weighted by Gasteiger charge is -2.35. The SMILES string of the molecule is Cc1noc2ncc(C(=O)N3CCN(C(=O)C(=O)N4CCOCC4)CC3)cc12. The van der Waals surface area contributed by atoms with Gasteiger partial charge in [-0.05, 0) is 13.0 Å². The second-order valence-corrected chi connectivity index (χ2v) is 6.83. The maximum atomic E-state index is 12.8. The van der Waals surface area contributed by atoms with Gasteiger partial charge in [0, 0.05) is 45.5 Å². The summed E-state index contributed by atoms with van der Waals surface area (Å²) < 4.78 is 10.3. The van der Waals surface area contributed by atoms with Crippen molar-refractivity contribution < 1.29 is 23.6 Å². The highest BCUT2D eigenvalue weighted by Crippen LogP contribution is 2.18. The minimum Gasteiger partial charge on any atom is -0.378 e. The van der Waals surface area contributed by atoms with Crippen LogP contribution in [0, 0.1) is 6.92 Å². The van der Waals surface area contributed by atoms with Gasteiger partial charge in [0.2, 0.25) is 0 Å². The van der Waals surface area contributed by atoms with E-state index in [-0.39, 0.29) is 5.91 Å². The summed E-state index contributed by atoms with van der Waals surface area (Å²) >= 11 is 0. The van der Waals surface area contributed by atoms with Crippen LogP contribution in [-0.4, -0.2) is 95.0 Å². The Hall–Kier alpha value is -3.01. The van der Waals surface area contributed by atoms with Gasteiger partial charge in [0.05, 0.1) is 29.9 Å². The molecule has 4 rings (SSSR count). The molecule has 3 amide bonds. The minimum atomic E-state index is -0.516. The molecule has 10 heteroatoms. The monoisotopic (exact) mass is 387 g/mol. The summed E-state index contributed by atoms with van der Waals surface area (Å²) in [5, 5.41) is 4.55. The summed E-state index contributed by atoms with van der Waals surface area (Å²) in [4.78, 5) is 46.4. The van der Waals surface area contributed by atoms with Crippen LogP contribution in [0.3, 0.4) is 0 Å². The van der Waals surface area contributed by atoms with Crippen molar-refractivity contribution in [3.05, 3.63) is 23.5 Å². The molecule has 2 aliphatic heterocycles. The molecule has 10 nitrogen and oxygen atoms in total. The van der Waals surface area contributed by atoms with Crippen molar-refractivity contribution >= 4 is 28.8 Å². The van der Waals surface area contributed by atoms with Crippen LogP contribution in [0.4, 0.5) is 0 Å². The number of rotatable bonds is 1. The molecule has 2 aliphatic rings. The van der Waals surface area contributed by atoms with Gasteiger partial charge in [0.1, 0.15) is 0 Å². The number of fused-ring (bicyclic) bond motifs is 1. The molecule has 0 radical (unpaired) electrons. The predicted octanol–water partition coefficient (Wildman–Crippen LogP) is -0.326. The Bertz CT molecular complexity index is 912. The maximum absolute atomic E-state index is 12.8. The molecule has 0 aromatic carbocycles. The number of nitrogens with zero attached hydrogens (tertiary/aromatic N) is 5. The summed E-state index contributed by atoms with van der Waals surface area (Å²) in [6.45, 7) is 4.92. The number of carbonyl (C=O) groups excluding carboxylic acids is 3. The fourth-order valence-electron chi connectivity index (χ4n) is 3.39. The Labute approximate surface area is 161 Å². The van der Waals surface area contributed by atoms with E-state index in [1.165, 1.54) is 16.0 Å². The van der Waals surface area contributed by atoms with Crippen LogP contribution >= 0.6 is 0 Å². The van der Waals surface area contributed by atoms with Gasteiger partial charge < -0.3 is 24.0 Å². The van der Waals surface area contributed by atoms with Gasteiger partial charge in [-0.2, -0.15) is 0 Å². The third kappa shape index (κ3) is 3.42. The van der Waals surface area contributed by atoms with Crippen LogP contribution < -0.4 is 0 Å². The van der Waals surface area contributed by atoms with Crippen molar-refractivity contribution in [2.24, 2.45) is 0 Å². The first-order valence-electron chi connectivity index (χ1n) is 9.22. The largest absolute Gasteiger partial charge is 0.378 e. The molecular weight excluding hydrogens is 366 g/mol. The normalized spacial score (nSPS) is 17.8. The van der Waals surface area contributed by atoms with Crippen LogP contribution in [-0.2, 0) is 14.3 Å². The lowest BCUT2D eigenvalue weighted by Crippen LogP contribution is -2.55. The number of ether oxygens (including phenoxy) is 1. The molecule has 0 bridgehead atoms. The van der Waals surface area contributed by atoms with E-state index in [2.05, 4.69) is 10.1 Å². The predicted molar refractivity (Wildman–Crippen MR) is 96.4 cm³/mol. The van der Waals surface area contributed by atoms with Crippen molar-refractivity contribution in [3.63, 3.8) is 0 Å². The number of hydrogen-bond donors (Lipinski definition) is 0. The number of morpholine rings is 1. The first-order chi connectivity index (χ1) is 13.5. The third-order valence-corrected chi connectivity index (χ3v) is 5.09. The van der Waals surface area contributed by atoms with E-state index >= 15 is 0 Å². The van der Waals surface area contributed by atoms with Crippen LogP contribution in [0.2, 0.25) is 0 Å². The fourth-order valence-corrected chi connectivity index (χ4v) is 3.39. The standard InChI is InChI=1S/C18H21N5O5/c1-12-14-10-13(11-19-15(14)28-20-12)16(24)21-2-4-22(5-3-21)17(25)18(26)23-6-8-27-9-7-23/h10-11H,2-9H2,1H3. The van der Waals surface area contributed by atoms with Gasteiger partial charge in [-0.15, -0.1) is 0 Å². The molecule has 2 saturated heterocycles. The molecule has 148 valence electrons. The summed E-state index contributed by atoms with van der Waals surface area (Å²) in [5.74, 6) is -1.18. The topological polar surface area (TPSA) is 109 Å². The average molecular weight is 387 g/mol. The molecule has 2 aromatic heterocycles. The molecule has 0 N–H and O–H groups in total. The Morgan fingerprint density at radius 2 is 1.54 bits per heavy atom. The van der Waals surface area contributed by atoms with Gasteiger partial charge in [0.15, 0.2) is 0 Å². The zero-order valence-electron chi connectivity index (χ0n) is 15.6. The van der Waals surface area contributed by atoms with Crippen LogP contribution in [0.1, 0.15) is 16.1 Å².